The summed E-state index contributed by atoms with van der Waals surface area (Å²) in [5, 5.41) is 10.1. The van der Waals surface area contributed by atoms with E-state index in [1.165, 1.54) is 23.9 Å². The molecule has 12 heteroatoms. The van der Waals surface area contributed by atoms with Crippen molar-refractivity contribution in [3.63, 3.8) is 0 Å². The Hall–Kier alpha value is -2.67. The van der Waals surface area contributed by atoms with Gasteiger partial charge in [-0.1, -0.05) is 6.92 Å². The molecule has 0 aliphatic carbocycles. The van der Waals surface area contributed by atoms with Gasteiger partial charge < -0.3 is 28.9 Å². The maximum Gasteiger partial charge on any atom is 0.261 e. The zero-order valence-electron chi connectivity index (χ0n) is 24.8. The number of likely N-dealkylation sites (N-methyl/N-ethyl adjacent to an activating group) is 1. The summed E-state index contributed by atoms with van der Waals surface area (Å²) < 4.78 is 41.8. The lowest BCUT2D eigenvalue weighted by Gasteiger charge is -2.35. The molecule has 3 rings (SSSR count). The van der Waals surface area contributed by atoms with Gasteiger partial charge in [0, 0.05) is 65.7 Å². The Morgan fingerprint density at radius 3 is 2.55 bits per heavy atom. The highest BCUT2D eigenvalue weighted by atomic mass is 32.2. The van der Waals surface area contributed by atoms with Gasteiger partial charge in [0.1, 0.15) is 5.75 Å². The SMILES string of the molecule is C[C@@H]1CCCCO[C@H](CN(C)S(=O)(=O)c2cn(C)cn2)[C@@H](C)CN([C@@H](C)CO)C(=O)c2cc(N(C)C)ccc2O1. The van der Waals surface area contributed by atoms with E-state index in [0.29, 0.717) is 17.9 Å². The monoisotopic (exact) mass is 579 g/mol. The molecule has 0 fully saturated rings. The fourth-order valence-electron chi connectivity index (χ4n) is 4.68. The lowest BCUT2D eigenvalue weighted by Crippen LogP contribution is -2.48. The minimum Gasteiger partial charge on any atom is -0.490 e. The van der Waals surface area contributed by atoms with Gasteiger partial charge in [0.2, 0.25) is 0 Å². The molecule has 0 saturated heterocycles. The van der Waals surface area contributed by atoms with Crippen molar-refractivity contribution < 1.29 is 27.8 Å². The van der Waals surface area contributed by atoms with Crippen LogP contribution in [0, 0.1) is 5.92 Å². The van der Waals surface area contributed by atoms with Gasteiger partial charge >= 0.3 is 0 Å². The van der Waals surface area contributed by atoms with Crippen molar-refractivity contribution in [1.82, 2.24) is 18.8 Å². The van der Waals surface area contributed by atoms with Crippen LogP contribution in [0.5, 0.6) is 5.75 Å². The normalized spacial score (nSPS) is 22.4. The predicted octanol–water partition coefficient (Wildman–Crippen LogP) is 2.60. The summed E-state index contributed by atoms with van der Waals surface area (Å²) in [6, 6.07) is 5.09. The second-order valence-corrected chi connectivity index (χ2v) is 13.0. The minimum absolute atomic E-state index is 0.0287. The molecular formula is C28H45N5O6S. The molecule has 2 heterocycles. The molecule has 11 nitrogen and oxygen atoms in total. The predicted molar refractivity (Wildman–Crippen MR) is 154 cm³/mol. The molecular weight excluding hydrogens is 534 g/mol. The minimum atomic E-state index is -3.83. The van der Waals surface area contributed by atoms with Crippen LogP contribution in [0.2, 0.25) is 0 Å². The summed E-state index contributed by atoms with van der Waals surface area (Å²) in [5.41, 5.74) is 1.28. The quantitative estimate of drug-likeness (QED) is 0.532. The highest BCUT2D eigenvalue weighted by molar-refractivity contribution is 7.89. The lowest BCUT2D eigenvalue weighted by atomic mass is 10.0. The van der Waals surface area contributed by atoms with E-state index in [-0.39, 0.29) is 42.7 Å². The Morgan fingerprint density at radius 2 is 1.93 bits per heavy atom. The Kier molecular flexibility index (Phi) is 11.0. The number of nitrogens with zero attached hydrogens (tertiary/aromatic N) is 5. The summed E-state index contributed by atoms with van der Waals surface area (Å²) in [7, 11) is 3.22. The van der Waals surface area contributed by atoms with Crippen LogP contribution in [0.15, 0.2) is 35.7 Å². The van der Waals surface area contributed by atoms with E-state index in [0.717, 1.165) is 24.9 Å². The van der Waals surface area contributed by atoms with Crippen molar-refractivity contribution in [1.29, 1.82) is 0 Å². The van der Waals surface area contributed by atoms with Crippen molar-refractivity contribution in [2.75, 3.05) is 52.3 Å². The van der Waals surface area contributed by atoms with E-state index in [4.69, 9.17) is 9.47 Å². The third-order valence-corrected chi connectivity index (χ3v) is 9.05. The number of carbonyl (C=O) groups excluding carboxylic acids is 1. The third kappa shape index (κ3) is 7.74. The molecule has 1 aliphatic rings. The van der Waals surface area contributed by atoms with Gasteiger partial charge in [-0.25, -0.2) is 13.4 Å². The number of hydrogen-bond donors (Lipinski definition) is 1. The van der Waals surface area contributed by atoms with Crippen LogP contribution >= 0.6 is 0 Å². The topological polar surface area (TPSA) is 117 Å². The maximum atomic E-state index is 14.1. The number of amides is 1. The molecule has 0 radical (unpaired) electrons. The summed E-state index contributed by atoms with van der Waals surface area (Å²) in [4.78, 5) is 21.6. The Labute approximate surface area is 238 Å². The molecule has 40 heavy (non-hydrogen) atoms. The second-order valence-electron chi connectivity index (χ2n) is 11.0. The summed E-state index contributed by atoms with van der Waals surface area (Å²) >= 11 is 0. The van der Waals surface area contributed by atoms with E-state index in [9.17, 15) is 18.3 Å². The molecule has 1 aliphatic heterocycles. The average molecular weight is 580 g/mol. The van der Waals surface area contributed by atoms with Crippen LogP contribution in [0.3, 0.4) is 0 Å². The number of ether oxygens (including phenoxy) is 2. The number of aromatic nitrogens is 2. The van der Waals surface area contributed by atoms with Gasteiger partial charge in [0.05, 0.1) is 36.7 Å². The highest BCUT2D eigenvalue weighted by Gasteiger charge is 2.33. The van der Waals surface area contributed by atoms with E-state index >= 15 is 0 Å². The molecule has 1 aromatic heterocycles. The van der Waals surface area contributed by atoms with Crippen LogP contribution < -0.4 is 9.64 Å². The van der Waals surface area contributed by atoms with E-state index in [2.05, 4.69) is 4.98 Å². The zero-order valence-corrected chi connectivity index (χ0v) is 25.6. The van der Waals surface area contributed by atoms with Gasteiger partial charge in [0.15, 0.2) is 5.03 Å². The number of imidazole rings is 1. The van der Waals surface area contributed by atoms with Crippen LogP contribution in [0.1, 0.15) is 50.4 Å². The first-order chi connectivity index (χ1) is 18.8. The molecule has 0 bridgehead atoms. The highest BCUT2D eigenvalue weighted by Crippen LogP contribution is 2.29. The second kappa shape index (κ2) is 13.8. The molecule has 1 N–H and O–H groups in total. The molecule has 1 amide bonds. The summed E-state index contributed by atoms with van der Waals surface area (Å²) in [6.45, 7) is 6.29. The number of rotatable bonds is 7. The Bertz CT molecular complexity index is 1230. The standard InChI is InChI=1S/C28H45N5O6S/c1-20-15-33(21(2)18-34)28(35)24-14-23(30(4)5)11-12-25(24)39-22(3)10-8-9-13-38-26(20)16-32(7)40(36,37)27-17-31(6)19-29-27/h11-12,14,17,19-22,26,34H,8-10,13,15-16,18H2,1-7H3/t20-,21-,22+,26+/m0/s1. The van der Waals surface area contributed by atoms with Crippen LogP contribution in [0.4, 0.5) is 5.69 Å². The van der Waals surface area contributed by atoms with Gasteiger partial charge in [-0.3, -0.25) is 4.79 Å². The van der Waals surface area contributed by atoms with Crippen molar-refractivity contribution in [2.45, 2.75) is 63.3 Å². The number of aryl methyl sites for hydroxylation is 1. The van der Waals surface area contributed by atoms with Gasteiger partial charge in [-0.2, -0.15) is 4.31 Å². The van der Waals surface area contributed by atoms with Crippen molar-refractivity contribution in [3.8, 4) is 5.75 Å². The van der Waals surface area contributed by atoms with E-state index in [1.807, 2.05) is 51.0 Å². The molecule has 2 aromatic rings. The van der Waals surface area contributed by atoms with Crippen LogP contribution in [-0.2, 0) is 21.8 Å². The Morgan fingerprint density at radius 1 is 1.20 bits per heavy atom. The fraction of sp³-hybridized carbons (Fsp3) is 0.643. The van der Waals surface area contributed by atoms with E-state index in [1.54, 1.807) is 23.4 Å². The molecule has 1 aromatic carbocycles. The number of aliphatic hydroxyl groups excluding tert-OH is 1. The lowest BCUT2D eigenvalue weighted by molar-refractivity contribution is -0.00835. The number of benzene rings is 1. The molecule has 0 spiro atoms. The summed E-state index contributed by atoms with van der Waals surface area (Å²) in [6.07, 6.45) is 4.73. The van der Waals surface area contributed by atoms with Crippen molar-refractivity contribution in [2.24, 2.45) is 13.0 Å². The molecule has 4 atom stereocenters. The maximum absolute atomic E-state index is 14.1. The van der Waals surface area contributed by atoms with Gasteiger partial charge in [-0.05, 0) is 51.3 Å². The first kappa shape index (κ1) is 31.9. The third-order valence-electron chi connectivity index (χ3n) is 7.34. The smallest absolute Gasteiger partial charge is 0.261 e. The Balaban J connectivity index is 1.96. The van der Waals surface area contributed by atoms with Crippen LogP contribution in [0.25, 0.3) is 0 Å². The molecule has 0 saturated carbocycles. The fourth-order valence-corrected chi connectivity index (χ4v) is 5.83. The van der Waals surface area contributed by atoms with Crippen molar-refractivity contribution in [3.05, 3.63) is 36.3 Å². The largest absolute Gasteiger partial charge is 0.490 e. The summed E-state index contributed by atoms with van der Waals surface area (Å²) in [5.74, 6) is 0.00380. The molecule has 0 unspecified atom stereocenters. The zero-order chi connectivity index (χ0) is 29.6. The number of sulfonamides is 1. The van der Waals surface area contributed by atoms with E-state index < -0.39 is 22.2 Å². The average Bonchev–Trinajstić information content (AvgIpc) is 3.36. The van der Waals surface area contributed by atoms with Gasteiger partial charge in [-0.15, -0.1) is 0 Å². The first-order valence-electron chi connectivity index (χ1n) is 13.8. The van der Waals surface area contributed by atoms with Gasteiger partial charge in [0.25, 0.3) is 15.9 Å². The van der Waals surface area contributed by atoms with Crippen LogP contribution in [-0.4, -0.2) is 104 Å². The number of aliphatic hydroxyl groups is 1. The number of anilines is 1. The number of carbonyl (C=O) groups is 1. The van der Waals surface area contributed by atoms with Crippen molar-refractivity contribution >= 4 is 21.6 Å². The number of fused-ring (bicyclic) bond motifs is 1. The molecule has 224 valence electrons. The first-order valence-corrected chi connectivity index (χ1v) is 15.2. The number of hydrogen-bond acceptors (Lipinski definition) is 8.